The number of sulfone groups is 1. The molecule has 0 bridgehead atoms. The number of nitrogens with one attached hydrogen (secondary N) is 1. The maximum atomic E-state index is 11.5. The van der Waals surface area contributed by atoms with Gasteiger partial charge in [-0.15, -0.1) is 0 Å². The second kappa shape index (κ2) is 4.17. The number of pyridine rings is 1. The predicted octanol–water partition coefficient (Wildman–Crippen LogP) is 1.84. The molecular formula is C11H13N3O2S2. The van der Waals surface area contributed by atoms with Gasteiger partial charge in [0.1, 0.15) is 9.84 Å². The zero-order valence-corrected chi connectivity index (χ0v) is 11.3. The summed E-state index contributed by atoms with van der Waals surface area (Å²) in [7, 11) is -2.84. The molecule has 96 valence electrons. The van der Waals surface area contributed by atoms with Crippen LogP contribution in [0.4, 0.5) is 0 Å². The van der Waals surface area contributed by atoms with E-state index in [0.717, 1.165) is 11.0 Å². The fourth-order valence-electron chi connectivity index (χ4n) is 2.48. The van der Waals surface area contributed by atoms with E-state index < -0.39 is 9.84 Å². The Hall–Kier alpha value is -1.21. The molecule has 5 nitrogen and oxygen atoms in total. The molecule has 0 aromatic carbocycles. The summed E-state index contributed by atoms with van der Waals surface area (Å²) in [6, 6.07) is 2.07. The van der Waals surface area contributed by atoms with Crippen LogP contribution in [-0.4, -0.2) is 34.5 Å². The average molecular weight is 283 g/mol. The SMILES string of the molecule is O=S1(=O)CCC(n2c(=S)[nH]c3cnccc32)CC1. The number of nitrogens with zero attached hydrogens (tertiary/aromatic N) is 2. The second-order valence-electron chi connectivity index (χ2n) is 4.58. The lowest BCUT2D eigenvalue weighted by Crippen LogP contribution is -2.25. The van der Waals surface area contributed by atoms with Crippen molar-refractivity contribution in [1.82, 2.24) is 14.5 Å². The number of rotatable bonds is 1. The van der Waals surface area contributed by atoms with Crippen molar-refractivity contribution in [3.05, 3.63) is 23.2 Å². The van der Waals surface area contributed by atoms with E-state index in [1.165, 1.54) is 0 Å². The molecule has 1 saturated heterocycles. The molecule has 0 aliphatic carbocycles. The van der Waals surface area contributed by atoms with Crippen molar-refractivity contribution < 1.29 is 8.42 Å². The molecule has 3 heterocycles. The van der Waals surface area contributed by atoms with Gasteiger partial charge in [-0.3, -0.25) is 4.98 Å². The van der Waals surface area contributed by atoms with Crippen LogP contribution in [-0.2, 0) is 9.84 Å². The minimum absolute atomic E-state index is 0.164. The van der Waals surface area contributed by atoms with Gasteiger partial charge < -0.3 is 9.55 Å². The lowest BCUT2D eigenvalue weighted by Gasteiger charge is -2.23. The van der Waals surface area contributed by atoms with Crippen LogP contribution in [0.25, 0.3) is 11.0 Å². The first-order valence-corrected chi connectivity index (χ1v) is 8.04. The van der Waals surface area contributed by atoms with Crippen LogP contribution in [0.2, 0.25) is 0 Å². The molecule has 0 radical (unpaired) electrons. The molecule has 1 N–H and O–H groups in total. The molecular weight excluding hydrogens is 270 g/mol. The Morgan fingerprint density at radius 3 is 2.83 bits per heavy atom. The van der Waals surface area contributed by atoms with Crippen molar-refractivity contribution >= 4 is 33.1 Å². The fraction of sp³-hybridized carbons (Fsp3) is 0.455. The van der Waals surface area contributed by atoms with Gasteiger partial charge in [-0.05, 0) is 31.1 Å². The van der Waals surface area contributed by atoms with Gasteiger partial charge in [0.25, 0.3) is 0 Å². The van der Waals surface area contributed by atoms with Crippen LogP contribution in [0.5, 0.6) is 0 Å². The molecule has 0 atom stereocenters. The zero-order chi connectivity index (χ0) is 12.8. The fourth-order valence-corrected chi connectivity index (χ4v) is 4.30. The van der Waals surface area contributed by atoms with Crippen molar-refractivity contribution in [2.45, 2.75) is 18.9 Å². The maximum Gasteiger partial charge on any atom is 0.178 e. The van der Waals surface area contributed by atoms with E-state index in [2.05, 4.69) is 9.97 Å². The number of hydrogen-bond acceptors (Lipinski definition) is 4. The minimum Gasteiger partial charge on any atom is -0.329 e. The number of hydrogen-bond donors (Lipinski definition) is 1. The highest BCUT2D eigenvalue weighted by molar-refractivity contribution is 7.91. The minimum atomic E-state index is -2.84. The summed E-state index contributed by atoms with van der Waals surface area (Å²) in [5.41, 5.74) is 1.90. The third-order valence-corrected chi connectivity index (χ3v) is 5.42. The normalized spacial score (nSPS) is 20.2. The first kappa shape index (κ1) is 11.9. The molecule has 0 amide bonds. The molecule has 1 fully saturated rings. The van der Waals surface area contributed by atoms with Crippen LogP contribution >= 0.6 is 12.2 Å². The first-order chi connectivity index (χ1) is 8.57. The van der Waals surface area contributed by atoms with Gasteiger partial charge in [0.05, 0.1) is 28.7 Å². The predicted molar refractivity (Wildman–Crippen MR) is 71.8 cm³/mol. The van der Waals surface area contributed by atoms with Gasteiger partial charge >= 0.3 is 0 Å². The molecule has 2 aromatic heterocycles. The Morgan fingerprint density at radius 1 is 1.39 bits per heavy atom. The molecule has 0 unspecified atom stereocenters. The van der Waals surface area contributed by atoms with E-state index in [4.69, 9.17) is 12.2 Å². The van der Waals surface area contributed by atoms with Crippen molar-refractivity contribution in [2.24, 2.45) is 0 Å². The molecule has 18 heavy (non-hydrogen) atoms. The molecule has 2 aromatic rings. The number of aromatic nitrogens is 3. The number of aromatic amines is 1. The average Bonchev–Trinajstić information content (AvgIpc) is 2.66. The Labute approximate surface area is 110 Å². The summed E-state index contributed by atoms with van der Waals surface area (Å²) in [5.74, 6) is 0.494. The van der Waals surface area contributed by atoms with E-state index in [1.807, 2.05) is 10.6 Å². The lowest BCUT2D eigenvalue weighted by atomic mass is 10.1. The quantitative estimate of drug-likeness (QED) is 0.811. The van der Waals surface area contributed by atoms with E-state index in [-0.39, 0.29) is 17.5 Å². The Kier molecular flexibility index (Phi) is 2.74. The lowest BCUT2D eigenvalue weighted by molar-refractivity contribution is 0.455. The number of H-pyrrole nitrogens is 1. The highest BCUT2D eigenvalue weighted by Crippen LogP contribution is 2.27. The van der Waals surface area contributed by atoms with Gasteiger partial charge in [-0.2, -0.15) is 0 Å². The number of imidazole rings is 1. The van der Waals surface area contributed by atoms with Gasteiger partial charge in [-0.1, -0.05) is 0 Å². The van der Waals surface area contributed by atoms with Gasteiger partial charge in [0.2, 0.25) is 0 Å². The standard InChI is InChI=1S/C11H13N3O2S2/c15-18(16)5-2-8(3-6-18)14-10-1-4-12-7-9(10)13-11(14)17/h1,4,7-8H,2-3,5-6H2,(H,13,17). The second-order valence-corrected chi connectivity index (χ2v) is 7.27. The summed E-state index contributed by atoms with van der Waals surface area (Å²) in [5, 5.41) is 0. The van der Waals surface area contributed by atoms with Crippen molar-refractivity contribution in [3.8, 4) is 0 Å². The molecule has 3 rings (SSSR count). The summed E-state index contributed by atoms with van der Waals surface area (Å²) in [6.07, 6.45) is 4.72. The van der Waals surface area contributed by atoms with Crippen LogP contribution in [0.1, 0.15) is 18.9 Å². The van der Waals surface area contributed by atoms with E-state index >= 15 is 0 Å². The highest BCUT2D eigenvalue weighted by atomic mass is 32.2. The molecule has 1 aliphatic rings. The van der Waals surface area contributed by atoms with Crippen LogP contribution in [0, 0.1) is 4.77 Å². The Balaban J connectivity index is 2.05. The molecule has 7 heteroatoms. The van der Waals surface area contributed by atoms with E-state index in [0.29, 0.717) is 17.6 Å². The molecule has 0 spiro atoms. The topological polar surface area (TPSA) is 67.8 Å². The smallest absolute Gasteiger partial charge is 0.178 e. The van der Waals surface area contributed by atoms with E-state index in [1.54, 1.807) is 12.4 Å². The van der Waals surface area contributed by atoms with Crippen molar-refractivity contribution in [2.75, 3.05) is 11.5 Å². The summed E-state index contributed by atoms with van der Waals surface area (Å²) < 4.78 is 25.6. The maximum absolute atomic E-state index is 11.5. The van der Waals surface area contributed by atoms with Crippen LogP contribution in [0.3, 0.4) is 0 Å². The van der Waals surface area contributed by atoms with Gasteiger partial charge in [0, 0.05) is 12.2 Å². The summed E-state index contributed by atoms with van der Waals surface area (Å²) >= 11 is 5.32. The number of fused-ring (bicyclic) bond motifs is 1. The first-order valence-electron chi connectivity index (χ1n) is 5.81. The largest absolute Gasteiger partial charge is 0.329 e. The van der Waals surface area contributed by atoms with Crippen LogP contribution in [0.15, 0.2) is 18.5 Å². The zero-order valence-electron chi connectivity index (χ0n) is 9.67. The summed E-state index contributed by atoms with van der Waals surface area (Å²) in [6.45, 7) is 0. The third kappa shape index (κ3) is 1.97. The van der Waals surface area contributed by atoms with Gasteiger partial charge in [0.15, 0.2) is 4.77 Å². The summed E-state index contributed by atoms with van der Waals surface area (Å²) in [4.78, 5) is 7.16. The molecule has 1 aliphatic heterocycles. The van der Waals surface area contributed by atoms with E-state index in [9.17, 15) is 8.42 Å². The Bertz CT molecular complexity index is 731. The van der Waals surface area contributed by atoms with Crippen molar-refractivity contribution in [1.29, 1.82) is 0 Å². The van der Waals surface area contributed by atoms with Crippen LogP contribution < -0.4 is 0 Å². The highest BCUT2D eigenvalue weighted by Gasteiger charge is 2.26. The van der Waals surface area contributed by atoms with Crippen molar-refractivity contribution in [3.63, 3.8) is 0 Å². The molecule has 0 saturated carbocycles. The van der Waals surface area contributed by atoms with Gasteiger partial charge in [-0.25, -0.2) is 8.42 Å². The third-order valence-electron chi connectivity index (χ3n) is 3.41. The monoisotopic (exact) mass is 283 g/mol. The Morgan fingerprint density at radius 2 is 2.11 bits per heavy atom.